The van der Waals surface area contributed by atoms with Gasteiger partial charge in [0, 0.05) is 0 Å². The van der Waals surface area contributed by atoms with E-state index < -0.39 is 5.41 Å². The molecular formula is C9H12O3. The summed E-state index contributed by atoms with van der Waals surface area (Å²) in [5, 5.41) is 0. The van der Waals surface area contributed by atoms with Crippen LogP contribution < -0.4 is 0 Å². The lowest BCUT2D eigenvalue weighted by molar-refractivity contribution is -0.151. The molecule has 3 heteroatoms. The zero-order valence-electron chi connectivity index (χ0n) is 7.51. The third kappa shape index (κ3) is 4.51. The van der Waals surface area contributed by atoms with Crippen LogP contribution in [0.2, 0.25) is 0 Å². The summed E-state index contributed by atoms with van der Waals surface area (Å²) >= 11 is 0. The van der Waals surface area contributed by atoms with E-state index in [9.17, 15) is 9.59 Å². The fraction of sp³-hybridized carbons (Fsp3) is 0.556. The van der Waals surface area contributed by atoms with E-state index in [1.807, 2.05) is 0 Å². The van der Waals surface area contributed by atoms with Crippen molar-refractivity contribution >= 4 is 12.3 Å². The minimum Gasteiger partial charge on any atom is -0.452 e. The number of hydrogen-bond acceptors (Lipinski definition) is 3. The van der Waals surface area contributed by atoms with Crippen molar-refractivity contribution in [3.63, 3.8) is 0 Å². The van der Waals surface area contributed by atoms with Gasteiger partial charge in [0.25, 0.3) is 0 Å². The Hall–Kier alpha value is -1.30. The van der Waals surface area contributed by atoms with Crippen molar-refractivity contribution in [2.45, 2.75) is 20.8 Å². The van der Waals surface area contributed by atoms with Gasteiger partial charge in [0.15, 0.2) is 12.9 Å². The molecule has 0 radical (unpaired) electrons. The first-order chi connectivity index (χ1) is 5.48. The van der Waals surface area contributed by atoms with Crippen LogP contribution in [0.3, 0.4) is 0 Å². The maximum absolute atomic E-state index is 11.0. The summed E-state index contributed by atoms with van der Waals surface area (Å²) in [5.74, 6) is 4.21. The van der Waals surface area contributed by atoms with Gasteiger partial charge in [-0.1, -0.05) is 5.92 Å². The lowest BCUT2D eigenvalue weighted by atomic mass is 9.97. The standard InChI is InChI=1S/C9H12O3/c1-9(2,3)8(11)12-7-5-4-6-10/h6H,7H2,1-3H3. The highest BCUT2D eigenvalue weighted by Gasteiger charge is 2.22. The Morgan fingerprint density at radius 2 is 2.08 bits per heavy atom. The summed E-state index contributed by atoms with van der Waals surface area (Å²) in [4.78, 5) is 20.8. The van der Waals surface area contributed by atoms with Crippen LogP contribution in [-0.2, 0) is 14.3 Å². The number of carbonyl (C=O) groups is 2. The molecule has 0 saturated heterocycles. The van der Waals surface area contributed by atoms with Crippen LogP contribution in [0, 0.1) is 17.3 Å². The zero-order valence-corrected chi connectivity index (χ0v) is 7.51. The molecule has 0 amide bonds. The quantitative estimate of drug-likeness (QED) is 0.330. The molecule has 0 unspecified atom stereocenters. The third-order valence-corrected chi connectivity index (χ3v) is 1.05. The minimum atomic E-state index is -0.511. The molecule has 66 valence electrons. The normalized spacial score (nSPS) is 9.58. The predicted octanol–water partition coefficient (Wildman–Crippen LogP) is 0.778. The fourth-order valence-corrected chi connectivity index (χ4v) is 0.401. The molecule has 0 aliphatic rings. The van der Waals surface area contributed by atoms with Crippen molar-refractivity contribution in [3.8, 4) is 11.8 Å². The van der Waals surface area contributed by atoms with E-state index in [2.05, 4.69) is 11.8 Å². The number of hydrogen-bond donors (Lipinski definition) is 0. The molecule has 0 aliphatic heterocycles. The number of rotatable bonds is 1. The Kier molecular flexibility index (Phi) is 4.06. The van der Waals surface area contributed by atoms with Crippen LogP contribution in [-0.4, -0.2) is 18.9 Å². The topological polar surface area (TPSA) is 43.4 Å². The van der Waals surface area contributed by atoms with Gasteiger partial charge in [-0.3, -0.25) is 9.59 Å². The first-order valence-electron chi connectivity index (χ1n) is 3.57. The minimum absolute atomic E-state index is 0.0190. The summed E-state index contributed by atoms with van der Waals surface area (Å²) in [7, 11) is 0. The second-order valence-corrected chi connectivity index (χ2v) is 3.27. The molecule has 0 aromatic heterocycles. The van der Waals surface area contributed by atoms with Crippen molar-refractivity contribution in [2.75, 3.05) is 6.61 Å². The number of esters is 1. The predicted molar refractivity (Wildman–Crippen MR) is 44.3 cm³/mol. The van der Waals surface area contributed by atoms with Crippen LogP contribution in [0.5, 0.6) is 0 Å². The molecule has 0 heterocycles. The average molecular weight is 168 g/mol. The highest BCUT2D eigenvalue weighted by molar-refractivity contribution is 5.76. The molecule has 0 N–H and O–H groups in total. The number of ether oxygens (including phenoxy) is 1. The van der Waals surface area contributed by atoms with Crippen LogP contribution in [0.1, 0.15) is 20.8 Å². The molecule has 0 aliphatic carbocycles. The van der Waals surface area contributed by atoms with Crippen LogP contribution in [0.15, 0.2) is 0 Å². The maximum Gasteiger partial charge on any atom is 0.312 e. The van der Waals surface area contributed by atoms with E-state index >= 15 is 0 Å². The molecule has 0 spiro atoms. The summed E-state index contributed by atoms with van der Waals surface area (Å²) in [6.45, 7) is 5.24. The van der Waals surface area contributed by atoms with Gasteiger partial charge in [0.2, 0.25) is 0 Å². The van der Waals surface area contributed by atoms with Crippen molar-refractivity contribution in [2.24, 2.45) is 5.41 Å². The van der Waals surface area contributed by atoms with Crippen molar-refractivity contribution in [1.29, 1.82) is 0 Å². The molecule has 0 saturated carbocycles. The first-order valence-corrected chi connectivity index (χ1v) is 3.57. The molecule has 0 aromatic rings. The van der Waals surface area contributed by atoms with Crippen molar-refractivity contribution < 1.29 is 14.3 Å². The second kappa shape index (κ2) is 4.55. The van der Waals surface area contributed by atoms with E-state index in [1.54, 1.807) is 20.8 Å². The van der Waals surface area contributed by atoms with Crippen LogP contribution >= 0.6 is 0 Å². The molecule has 12 heavy (non-hydrogen) atoms. The molecule has 0 atom stereocenters. The van der Waals surface area contributed by atoms with Crippen LogP contribution in [0.4, 0.5) is 0 Å². The SMILES string of the molecule is CC(C)(C)C(=O)OCC#CC=O. The molecule has 0 fully saturated rings. The fourth-order valence-electron chi connectivity index (χ4n) is 0.401. The maximum atomic E-state index is 11.0. The summed E-state index contributed by atoms with van der Waals surface area (Å²) in [6, 6.07) is 0. The van der Waals surface area contributed by atoms with Crippen LogP contribution in [0.25, 0.3) is 0 Å². The Morgan fingerprint density at radius 1 is 1.50 bits per heavy atom. The largest absolute Gasteiger partial charge is 0.452 e. The van der Waals surface area contributed by atoms with E-state index in [-0.39, 0.29) is 12.6 Å². The Balaban J connectivity index is 3.80. The molecule has 3 nitrogen and oxygen atoms in total. The average Bonchev–Trinajstić information content (AvgIpc) is 1.96. The molecule has 0 bridgehead atoms. The van der Waals surface area contributed by atoms with E-state index in [1.165, 1.54) is 0 Å². The van der Waals surface area contributed by atoms with Gasteiger partial charge in [0.1, 0.15) is 0 Å². The van der Waals surface area contributed by atoms with Gasteiger partial charge in [-0.05, 0) is 26.7 Å². The highest BCUT2D eigenvalue weighted by Crippen LogP contribution is 2.14. The monoisotopic (exact) mass is 168 g/mol. The highest BCUT2D eigenvalue weighted by atomic mass is 16.5. The van der Waals surface area contributed by atoms with Gasteiger partial charge in [-0.15, -0.1) is 0 Å². The molecular weight excluding hydrogens is 156 g/mol. The smallest absolute Gasteiger partial charge is 0.312 e. The summed E-state index contributed by atoms with van der Waals surface area (Å²) in [6.07, 6.45) is 0.463. The third-order valence-electron chi connectivity index (χ3n) is 1.05. The Bertz CT molecular complexity index is 224. The Labute approximate surface area is 72.1 Å². The summed E-state index contributed by atoms with van der Waals surface area (Å²) in [5.41, 5.74) is -0.511. The number of carbonyl (C=O) groups excluding carboxylic acids is 2. The van der Waals surface area contributed by atoms with E-state index in [0.29, 0.717) is 6.29 Å². The number of aldehydes is 1. The van der Waals surface area contributed by atoms with Crippen molar-refractivity contribution in [3.05, 3.63) is 0 Å². The molecule has 0 rings (SSSR count). The van der Waals surface area contributed by atoms with Crippen molar-refractivity contribution in [1.82, 2.24) is 0 Å². The van der Waals surface area contributed by atoms with Gasteiger partial charge in [-0.25, -0.2) is 0 Å². The zero-order chi connectivity index (χ0) is 9.61. The first kappa shape index (κ1) is 10.7. The second-order valence-electron chi connectivity index (χ2n) is 3.27. The van der Waals surface area contributed by atoms with Gasteiger partial charge < -0.3 is 4.74 Å². The summed E-state index contributed by atoms with van der Waals surface area (Å²) < 4.78 is 4.74. The lowest BCUT2D eigenvalue weighted by Gasteiger charge is -2.14. The lowest BCUT2D eigenvalue weighted by Crippen LogP contribution is -2.22. The van der Waals surface area contributed by atoms with E-state index in [4.69, 9.17) is 4.74 Å². The van der Waals surface area contributed by atoms with E-state index in [0.717, 1.165) is 0 Å². The van der Waals surface area contributed by atoms with Gasteiger partial charge >= 0.3 is 5.97 Å². The molecule has 0 aromatic carbocycles. The van der Waals surface area contributed by atoms with Gasteiger partial charge in [-0.2, -0.15) is 0 Å². The van der Waals surface area contributed by atoms with Gasteiger partial charge in [0.05, 0.1) is 5.41 Å². The Morgan fingerprint density at radius 3 is 2.50 bits per heavy atom.